The van der Waals surface area contributed by atoms with E-state index in [9.17, 15) is 0 Å². The molecule has 2 aliphatic carbocycles. The van der Waals surface area contributed by atoms with Crippen molar-refractivity contribution in [2.24, 2.45) is 0 Å². The Bertz CT molecular complexity index is 648. The van der Waals surface area contributed by atoms with E-state index in [-0.39, 0.29) is 0 Å². The van der Waals surface area contributed by atoms with Gasteiger partial charge in [0.25, 0.3) is 0 Å². The van der Waals surface area contributed by atoms with Crippen molar-refractivity contribution < 1.29 is 0 Å². The van der Waals surface area contributed by atoms with Crippen LogP contribution >= 0.6 is 11.6 Å². The van der Waals surface area contributed by atoms with Crippen LogP contribution in [0.15, 0.2) is 30.3 Å². The third-order valence-corrected chi connectivity index (χ3v) is 4.02. The second-order valence-corrected chi connectivity index (χ2v) is 6.26. The maximum Gasteiger partial charge on any atom is 0.225 e. The molecule has 2 N–H and O–H groups in total. The van der Waals surface area contributed by atoms with Gasteiger partial charge in [-0.05, 0) is 49.9 Å². The normalized spacial score (nSPS) is 17.6. The number of aromatic nitrogens is 2. The van der Waals surface area contributed by atoms with Crippen LogP contribution < -0.4 is 10.6 Å². The van der Waals surface area contributed by atoms with Gasteiger partial charge in [0.15, 0.2) is 0 Å². The van der Waals surface area contributed by atoms with Crippen LogP contribution in [-0.4, -0.2) is 16.0 Å². The molecule has 4 rings (SSSR count). The lowest BCUT2D eigenvalue weighted by Gasteiger charge is -2.10. The van der Waals surface area contributed by atoms with Gasteiger partial charge in [-0.15, -0.1) is 0 Å². The summed E-state index contributed by atoms with van der Waals surface area (Å²) in [6.45, 7) is 0. The maximum atomic E-state index is 5.92. The molecule has 2 aromatic rings. The zero-order valence-electron chi connectivity index (χ0n) is 11.6. The Labute approximate surface area is 129 Å². The average Bonchev–Trinajstić information content (AvgIpc) is 3.35. The fourth-order valence-electron chi connectivity index (χ4n) is 2.27. The lowest BCUT2D eigenvalue weighted by atomic mass is 10.2. The predicted molar refractivity (Wildman–Crippen MR) is 85.4 cm³/mol. The summed E-state index contributed by atoms with van der Waals surface area (Å²) in [5.74, 6) is 2.20. The Balaban J connectivity index is 1.59. The summed E-state index contributed by atoms with van der Waals surface area (Å²) in [5.41, 5.74) is 2.13. The van der Waals surface area contributed by atoms with Gasteiger partial charge in [0.2, 0.25) is 5.95 Å². The quantitative estimate of drug-likeness (QED) is 0.863. The minimum atomic E-state index is 0.558. The van der Waals surface area contributed by atoms with Crippen molar-refractivity contribution in [3.8, 4) is 0 Å². The van der Waals surface area contributed by atoms with Crippen molar-refractivity contribution in [1.29, 1.82) is 0 Å². The van der Waals surface area contributed by atoms with E-state index in [1.165, 1.54) is 25.7 Å². The van der Waals surface area contributed by atoms with E-state index in [2.05, 4.69) is 26.7 Å². The summed E-state index contributed by atoms with van der Waals surface area (Å²) in [7, 11) is 0. The van der Waals surface area contributed by atoms with Gasteiger partial charge in [-0.2, -0.15) is 4.98 Å². The third kappa shape index (κ3) is 3.27. The van der Waals surface area contributed by atoms with Gasteiger partial charge in [-0.3, -0.25) is 0 Å². The number of nitrogens with one attached hydrogen (secondary N) is 2. The van der Waals surface area contributed by atoms with Gasteiger partial charge in [-0.25, -0.2) is 4.98 Å². The maximum absolute atomic E-state index is 5.92. The lowest BCUT2D eigenvalue weighted by Crippen LogP contribution is -2.08. The molecule has 0 spiro atoms. The number of halogens is 1. The molecule has 2 saturated carbocycles. The van der Waals surface area contributed by atoms with Crippen LogP contribution in [0.5, 0.6) is 0 Å². The largest absolute Gasteiger partial charge is 0.351 e. The zero-order chi connectivity index (χ0) is 14.2. The second-order valence-electron chi connectivity index (χ2n) is 5.83. The van der Waals surface area contributed by atoms with E-state index in [1.54, 1.807) is 0 Å². The molecule has 0 aliphatic heterocycles. The van der Waals surface area contributed by atoms with E-state index in [0.29, 0.717) is 12.0 Å². The van der Waals surface area contributed by atoms with E-state index in [0.717, 1.165) is 28.2 Å². The van der Waals surface area contributed by atoms with Gasteiger partial charge < -0.3 is 10.6 Å². The van der Waals surface area contributed by atoms with Crippen LogP contribution in [0.4, 0.5) is 17.5 Å². The van der Waals surface area contributed by atoms with Gasteiger partial charge >= 0.3 is 0 Å². The SMILES string of the molecule is Clc1ccc(Nc2cc(C3CC3)nc(NC3CC3)n2)cc1. The van der Waals surface area contributed by atoms with Crippen molar-refractivity contribution in [3.63, 3.8) is 0 Å². The van der Waals surface area contributed by atoms with E-state index >= 15 is 0 Å². The summed E-state index contributed by atoms with van der Waals surface area (Å²) in [4.78, 5) is 9.22. The number of hydrogen-bond acceptors (Lipinski definition) is 4. The molecule has 1 heterocycles. The van der Waals surface area contributed by atoms with E-state index in [4.69, 9.17) is 11.6 Å². The van der Waals surface area contributed by atoms with Gasteiger partial charge in [0.1, 0.15) is 5.82 Å². The molecular formula is C16H17ClN4. The molecule has 0 atom stereocenters. The molecule has 1 aromatic carbocycles. The minimum Gasteiger partial charge on any atom is -0.351 e. The van der Waals surface area contributed by atoms with Crippen LogP contribution in [0.25, 0.3) is 0 Å². The number of benzene rings is 1. The van der Waals surface area contributed by atoms with Crippen LogP contribution in [0.3, 0.4) is 0 Å². The monoisotopic (exact) mass is 300 g/mol. The second kappa shape index (κ2) is 5.19. The topological polar surface area (TPSA) is 49.8 Å². The highest BCUT2D eigenvalue weighted by atomic mass is 35.5. The number of hydrogen-bond donors (Lipinski definition) is 2. The highest BCUT2D eigenvalue weighted by Gasteiger charge is 2.27. The molecule has 1 aromatic heterocycles. The summed E-state index contributed by atoms with van der Waals surface area (Å²) in [6.07, 6.45) is 4.91. The predicted octanol–water partition coefficient (Wildman–Crippen LogP) is 4.33. The molecular weight excluding hydrogens is 284 g/mol. The molecule has 21 heavy (non-hydrogen) atoms. The molecule has 2 aliphatic rings. The molecule has 0 amide bonds. The number of anilines is 3. The first-order valence-electron chi connectivity index (χ1n) is 7.44. The van der Waals surface area contributed by atoms with Crippen molar-refractivity contribution in [3.05, 3.63) is 41.0 Å². The summed E-state index contributed by atoms with van der Waals surface area (Å²) >= 11 is 5.92. The summed E-state index contributed by atoms with van der Waals surface area (Å²) in [5, 5.41) is 7.46. The fraction of sp³-hybridized carbons (Fsp3) is 0.375. The smallest absolute Gasteiger partial charge is 0.225 e. The lowest BCUT2D eigenvalue weighted by molar-refractivity contribution is 0.968. The first-order chi connectivity index (χ1) is 10.3. The first kappa shape index (κ1) is 12.9. The highest BCUT2D eigenvalue weighted by molar-refractivity contribution is 6.30. The van der Waals surface area contributed by atoms with Gasteiger partial charge in [-0.1, -0.05) is 11.6 Å². The molecule has 0 bridgehead atoms. The van der Waals surface area contributed by atoms with Crippen molar-refractivity contribution in [2.45, 2.75) is 37.6 Å². The first-order valence-corrected chi connectivity index (χ1v) is 7.82. The molecule has 5 heteroatoms. The Morgan fingerprint density at radius 2 is 1.76 bits per heavy atom. The Morgan fingerprint density at radius 3 is 2.43 bits per heavy atom. The minimum absolute atomic E-state index is 0.558. The standard InChI is InChI=1S/C16H17ClN4/c17-11-3-5-12(6-4-11)18-15-9-14(10-1-2-10)20-16(21-15)19-13-7-8-13/h3-6,9-10,13H,1-2,7-8H2,(H2,18,19,20,21). The Morgan fingerprint density at radius 1 is 1.00 bits per heavy atom. The van der Waals surface area contributed by atoms with Gasteiger partial charge in [0, 0.05) is 28.7 Å². The van der Waals surface area contributed by atoms with Crippen LogP contribution in [0, 0.1) is 0 Å². The van der Waals surface area contributed by atoms with Crippen LogP contribution in [-0.2, 0) is 0 Å². The zero-order valence-corrected chi connectivity index (χ0v) is 12.4. The Kier molecular flexibility index (Phi) is 3.19. The van der Waals surface area contributed by atoms with Gasteiger partial charge in [0.05, 0.1) is 5.69 Å². The molecule has 4 nitrogen and oxygen atoms in total. The van der Waals surface area contributed by atoms with Crippen molar-refractivity contribution in [1.82, 2.24) is 9.97 Å². The summed E-state index contributed by atoms with van der Waals surface area (Å²) < 4.78 is 0. The van der Waals surface area contributed by atoms with Crippen LogP contribution in [0.2, 0.25) is 5.02 Å². The molecule has 2 fully saturated rings. The fourth-order valence-corrected chi connectivity index (χ4v) is 2.40. The van der Waals surface area contributed by atoms with Crippen LogP contribution in [0.1, 0.15) is 37.3 Å². The van der Waals surface area contributed by atoms with E-state index in [1.807, 2.05) is 24.3 Å². The Hall–Kier alpha value is -1.81. The van der Waals surface area contributed by atoms with Crippen molar-refractivity contribution >= 4 is 29.1 Å². The van der Waals surface area contributed by atoms with E-state index < -0.39 is 0 Å². The number of nitrogens with zero attached hydrogens (tertiary/aromatic N) is 2. The highest BCUT2D eigenvalue weighted by Crippen LogP contribution is 2.40. The average molecular weight is 301 g/mol. The third-order valence-electron chi connectivity index (χ3n) is 3.77. The molecule has 0 saturated heterocycles. The molecule has 108 valence electrons. The summed E-state index contributed by atoms with van der Waals surface area (Å²) in [6, 6.07) is 10.3. The molecule has 0 radical (unpaired) electrons. The molecule has 0 unspecified atom stereocenters. The number of rotatable bonds is 5. The van der Waals surface area contributed by atoms with Crippen molar-refractivity contribution in [2.75, 3.05) is 10.6 Å².